The van der Waals surface area contributed by atoms with Crippen molar-refractivity contribution in [3.8, 4) is 0 Å². The number of carbonyl (C=O) groups excluding carboxylic acids is 10. The van der Waals surface area contributed by atoms with Crippen LogP contribution in [0.15, 0.2) is 71.7 Å². The number of carbonyl (C=O) groups is 11. The summed E-state index contributed by atoms with van der Waals surface area (Å²) in [5.41, 5.74) is 13.3. The summed E-state index contributed by atoms with van der Waals surface area (Å²) in [6.07, 6.45) is 7.17. The molecule has 2 aliphatic heterocycles. The number of nitrogens with one attached hydrogen (secondary N) is 5. The van der Waals surface area contributed by atoms with Gasteiger partial charge in [0, 0.05) is 85.6 Å². The number of likely N-dealkylation sites (tertiary alicyclic amines) is 1. The molecule has 0 aliphatic carbocycles. The maximum Gasteiger partial charge on any atom is 0.410 e. The van der Waals surface area contributed by atoms with Crippen molar-refractivity contribution in [1.82, 2.24) is 40.9 Å². The van der Waals surface area contributed by atoms with Crippen LogP contribution >= 0.6 is 0 Å². The second-order valence-corrected chi connectivity index (χ2v) is 26.1. The number of imide groups is 1. The van der Waals surface area contributed by atoms with Crippen molar-refractivity contribution in [2.45, 2.75) is 208 Å². The molecule has 27 nitrogen and oxygen atoms in total. The number of aliphatic imine (C=N–C) groups is 1. The Kier molecular flexibility index (Phi) is 35.5. The van der Waals surface area contributed by atoms with E-state index in [9.17, 15) is 57.8 Å². The molecule has 0 saturated carbocycles. The molecule has 0 aromatic heterocycles. The Labute approximate surface area is 572 Å². The van der Waals surface area contributed by atoms with Crippen LogP contribution < -0.4 is 38.1 Å². The van der Waals surface area contributed by atoms with Gasteiger partial charge < -0.3 is 67.2 Å². The first-order valence-corrected chi connectivity index (χ1v) is 33.8. The molecule has 0 radical (unpaired) electrons. The summed E-state index contributed by atoms with van der Waals surface area (Å²) in [5, 5.41) is 23.2. The quantitative estimate of drug-likeness (QED) is 0.0167. The first-order valence-electron chi connectivity index (χ1n) is 33.8. The molecule has 97 heavy (non-hydrogen) atoms. The van der Waals surface area contributed by atoms with E-state index in [0.29, 0.717) is 62.9 Å². The molecule has 0 unspecified atom stereocenters. The van der Waals surface area contributed by atoms with Crippen molar-refractivity contribution in [3.05, 3.63) is 77.9 Å². The summed E-state index contributed by atoms with van der Waals surface area (Å²) in [5.74, 6) is -5.01. The maximum absolute atomic E-state index is 14.0. The molecule has 540 valence electrons. The lowest BCUT2D eigenvalue weighted by Gasteiger charge is -2.40. The number of likely N-dealkylation sites (N-methyl/N-ethyl adjacent to an activating group) is 2. The minimum Gasteiger partial charge on any atom is -0.480 e. The summed E-state index contributed by atoms with van der Waals surface area (Å²) < 4.78 is 17.0. The van der Waals surface area contributed by atoms with E-state index >= 15 is 0 Å². The molecule has 27 heteroatoms. The first kappa shape index (κ1) is 82.8. The van der Waals surface area contributed by atoms with Crippen LogP contribution in [0.25, 0.3) is 0 Å². The van der Waals surface area contributed by atoms with Gasteiger partial charge in [-0.1, -0.05) is 125 Å². The molecular formula is C70H110N12O15. The number of primary amides is 1. The van der Waals surface area contributed by atoms with Crippen LogP contribution in [-0.4, -0.2) is 198 Å². The van der Waals surface area contributed by atoms with Crippen LogP contribution in [0, 0.1) is 29.6 Å². The zero-order valence-corrected chi connectivity index (χ0v) is 59.6. The standard InChI is InChI=1S/C50H82N10O10.C20H28N2O5/c1-13-33(9)44(37(14-2)69-12)58(10)48(66)42(31(5)6)57-47(65)43(32(7)8)59(11)50(68)70-29-34-21-23-35(24-22-34)54-45(63)36(19-18-27-53-49(52)67)55-46(64)41(30(3)4)56-38(51)20-16-15-17-28-60-39(61)25-26-40(60)62;1-13(18(27-3)17-10-7-11-22(17)14(2)23)19(24)21-16(20(25)26)12-15-8-5-4-6-9-15/h21-26,30-33,36-37,41-44H,13-20,27-29H2,1-12H3,(H2,51,56)(H,54,63)(H,55,64)(H,57,65)(H3,52,53,67);4-6,8-9,13,16-18H,7,10-12H2,1-3H3,(H,21,24)(H,25,26)/t33-,36-,37+,41-,42-,43-,44-;13-,16+,17+,18-/m01/s1. The number of hydrogen-bond donors (Lipinski definition) is 8. The number of carboxylic acid groups (broad SMARTS) is 1. The van der Waals surface area contributed by atoms with Crippen LogP contribution in [0.3, 0.4) is 0 Å². The molecule has 11 atom stereocenters. The van der Waals surface area contributed by atoms with Crippen LogP contribution in [-0.2, 0) is 70.4 Å². The molecule has 2 aromatic carbocycles. The molecule has 11 amide bonds. The average Bonchev–Trinajstić information content (AvgIpc) is 1.76. The summed E-state index contributed by atoms with van der Waals surface area (Å²) in [4.78, 5) is 150. The minimum absolute atomic E-state index is 0.0420. The first-order chi connectivity index (χ1) is 45.8. The van der Waals surface area contributed by atoms with E-state index in [4.69, 9.17) is 25.7 Å². The van der Waals surface area contributed by atoms with Gasteiger partial charge in [-0.25, -0.2) is 14.4 Å². The molecule has 1 saturated heterocycles. The highest BCUT2D eigenvalue weighted by Crippen LogP contribution is 2.28. The van der Waals surface area contributed by atoms with Crippen molar-refractivity contribution in [1.29, 1.82) is 0 Å². The third kappa shape index (κ3) is 26.1. The van der Waals surface area contributed by atoms with Gasteiger partial charge in [0.05, 0.1) is 36.0 Å². The lowest BCUT2D eigenvalue weighted by molar-refractivity contribution is -0.144. The smallest absolute Gasteiger partial charge is 0.410 e. The van der Waals surface area contributed by atoms with Gasteiger partial charge in [0.25, 0.3) is 11.8 Å². The van der Waals surface area contributed by atoms with Gasteiger partial charge in [-0.3, -0.25) is 53.1 Å². The third-order valence-corrected chi connectivity index (χ3v) is 17.7. The van der Waals surface area contributed by atoms with Crippen molar-refractivity contribution < 1.29 is 72.1 Å². The van der Waals surface area contributed by atoms with Crippen molar-refractivity contribution in [2.24, 2.45) is 46.0 Å². The Morgan fingerprint density at radius 3 is 1.88 bits per heavy atom. The van der Waals surface area contributed by atoms with Gasteiger partial charge in [-0.15, -0.1) is 0 Å². The maximum atomic E-state index is 14.0. The fourth-order valence-corrected chi connectivity index (χ4v) is 12.0. The van der Waals surface area contributed by atoms with Gasteiger partial charge in [0.1, 0.15) is 36.8 Å². The molecular weight excluding hydrogens is 1250 g/mol. The molecule has 10 N–H and O–H groups in total. The van der Waals surface area contributed by atoms with Gasteiger partial charge >= 0.3 is 18.1 Å². The second-order valence-electron chi connectivity index (χ2n) is 26.1. The third-order valence-electron chi connectivity index (χ3n) is 17.7. The monoisotopic (exact) mass is 1360 g/mol. The van der Waals surface area contributed by atoms with E-state index in [1.165, 1.54) is 43.0 Å². The SMILES string of the molecule is CC[C@H](C)[C@@H]([C@@H](CC)OC)N(C)C(=O)[C@@H](NC(=O)[C@H](C(C)C)N(C)C(=O)OCc1ccc(NC(=O)[C@H](CCCNC(N)=O)NC(=O)[C@@H](N=C(N)CCCCCN2C(=O)C=CC2=O)C(C)C)cc1)C(C)C.CO[C@H]([C@@H](C)C(=O)N[C@@H](Cc1ccccc1)C(=O)O)[C@@H]1CCCN1C(C)=O. The van der Waals surface area contributed by atoms with E-state index in [-0.39, 0.29) is 103 Å². The summed E-state index contributed by atoms with van der Waals surface area (Å²) in [6, 6.07) is 9.82. The Balaban J connectivity index is 0.000000750. The van der Waals surface area contributed by atoms with Crippen LogP contribution in [0.1, 0.15) is 151 Å². The molecule has 0 bridgehead atoms. The predicted octanol–water partition coefficient (Wildman–Crippen LogP) is 5.92. The highest BCUT2D eigenvalue weighted by Gasteiger charge is 2.41. The fraction of sp³-hybridized carbons (Fsp3) is 0.629. The van der Waals surface area contributed by atoms with E-state index in [1.54, 1.807) is 69.0 Å². The summed E-state index contributed by atoms with van der Waals surface area (Å²) in [6.45, 7) is 21.3. The zero-order valence-electron chi connectivity index (χ0n) is 59.6. The van der Waals surface area contributed by atoms with Crippen molar-refractivity contribution in [3.63, 3.8) is 0 Å². The Morgan fingerprint density at radius 1 is 0.711 bits per heavy atom. The number of aliphatic carboxylic acids is 1. The van der Waals surface area contributed by atoms with Gasteiger partial charge in [0.2, 0.25) is 35.4 Å². The number of amidine groups is 1. The number of anilines is 1. The molecule has 0 spiro atoms. The van der Waals surface area contributed by atoms with Gasteiger partial charge in [-0.2, -0.15) is 0 Å². The molecule has 1 fully saturated rings. The number of methoxy groups -OCH3 is 2. The topological polar surface area (TPSA) is 373 Å². The number of nitrogens with zero attached hydrogens (tertiary/aromatic N) is 5. The number of benzene rings is 2. The number of urea groups is 1. The number of unbranched alkanes of at least 4 members (excludes halogenated alkanes) is 2. The number of nitrogens with two attached hydrogens (primary N) is 2. The number of ether oxygens (including phenoxy) is 3. The Morgan fingerprint density at radius 2 is 1.34 bits per heavy atom. The molecule has 2 aliphatic rings. The Bertz CT molecular complexity index is 2960. The fourth-order valence-electron chi connectivity index (χ4n) is 12.0. The minimum atomic E-state index is -1.08. The van der Waals surface area contributed by atoms with Gasteiger partial charge in [0.15, 0.2) is 0 Å². The van der Waals surface area contributed by atoms with Crippen LogP contribution in [0.4, 0.5) is 15.3 Å². The number of hydrogen-bond acceptors (Lipinski definition) is 15. The van der Waals surface area contributed by atoms with E-state index < -0.39 is 78.0 Å². The second kappa shape index (κ2) is 41.6. The van der Waals surface area contributed by atoms with E-state index in [2.05, 4.69) is 45.4 Å². The molecule has 2 heterocycles. The average molecular weight is 1360 g/mol. The van der Waals surface area contributed by atoms with E-state index in [0.717, 1.165) is 24.8 Å². The highest BCUT2D eigenvalue weighted by atomic mass is 16.6. The summed E-state index contributed by atoms with van der Waals surface area (Å²) >= 11 is 0. The van der Waals surface area contributed by atoms with Gasteiger partial charge in [-0.05, 0) is 91.9 Å². The lowest BCUT2D eigenvalue weighted by atomic mass is 9.90. The van der Waals surface area contributed by atoms with Crippen LogP contribution in [0.2, 0.25) is 0 Å². The van der Waals surface area contributed by atoms with Crippen molar-refractivity contribution >= 4 is 76.9 Å². The zero-order chi connectivity index (χ0) is 72.8. The van der Waals surface area contributed by atoms with Crippen molar-refractivity contribution in [2.75, 3.05) is 53.3 Å². The lowest BCUT2D eigenvalue weighted by Crippen LogP contribution is -2.60. The van der Waals surface area contributed by atoms with Crippen LogP contribution in [0.5, 0.6) is 0 Å². The Hall–Kier alpha value is -8.46. The number of rotatable bonds is 38. The number of carboxylic acids is 1. The molecule has 2 aromatic rings. The normalized spacial score (nSPS) is 16.9. The highest BCUT2D eigenvalue weighted by molar-refractivity contribution is 6.12. The largest absolute Gasteiger partial charge is 0.480 e. The number of amides is 11. The van der Waals surface area contributed by atoms with E-state index in [1.807, 2.05) is 65.0 Å². The summed E-state index contributed by atoms with van der Waals surface area (Å²) in [7, 11) is 6.38. The molecule has 4 rings (SSSR count). The predicted molar refractivity (Wildman–Crippen MR) is 369 cm³/mol.